The molecule has 1 atom stereocenters. The van der Waals surface area contributed by atoms with Gasteiger partial charge in [-0.3, -0.25) is 4.79 Å². The van der Waals surface area contributed by atoms with Crippen LogP contribution < -0.4 is 10.1 Å². The van der Waals surface area contributed by atoms with Crippen molar-refractivity contribution in [2.75, 3.05) is 0 Å². The van der Waals surface area contributed by atoms with Gasteiger partial charge >= 0.3 is 0 Å². The average Bonchev–Trinajstić information content (AvgIpc) is 2.52. The molecule has 0 saturated carbocycles. The summed E-state index contributed by atoms with van der Waals surface area (Å²) in [7, 11) is 0. The van der Waals surface area contributed by atoms with Crippen molar-refractivity contribution in [2.24, 2.45) is 0 Å². The molecule has 0 aliphatic heterocycles. The molecule has 0 heterocycles. The summed E-state index contributed by atoms with van der Waals surface area (Å²) in [5.74, 6) is 0.639. The van der Waals surface area contributed by atoms with E-state index in [1.807, 2.05) is 68.4 Å². The predicted molar refractivity (Wildman–Crippen MR) is 84.2 cm³/mol. The monoisotopic (exact) mass is 283 g/mol. The topological polar surface area (TPSA) is 38.3 Å². The summed E-state index contributed by atoms with van der Waals surface area (Å²) in [6, 6.07) is 17.5. The van der Waals surface area contributed by atoms with E-state index in [2.05, 4.69) is 5.32 Å². The number of amides is 1. The Balaban J connectivity index is 1.93. The maximum Gasteiger partial charge on any atom is 0.261 e. The summed E-state index contributed by atoms with van der Waals surface area (Å²) in [5.41, 5.74) is 2.30. The van der Waals surface area contributed by atoms with Gasteiger partial charge in [0.2, 0.25) is 0 Å². The van der Waals surface area contributed by atoms with Gasteiger partial charge in [-0.25, -0.2) is 0 Å². The number of para-hydroxylation sites is 1. The van der Waals surface area contributed by atoms with Crippen molar-refractivity contribution in [2.45, 2.75) is 32.9 Å². The van der Waals surface area contributed by atoms with Crippen molar-refractivity contribution in [3.63, 3.8) is 0 Å². The van der Waals surface area contributed by atoms with Crippen molar-refractivity contribution >= 4 is 5.91 Å². The normalized spacial score (nSPS) is 11.7. The minimum Gasteiger partial charge on any atom is -0.481 e. The van der Waals surface area contributed by atoms with Gasteiger partial charge in [-0.2, -0.15) is 0 Å². The fraction of sp³-hybridized carbons (Fsp3) is 0.278. The molecule has 2 aromatic carbocycles. The molecule has 0 aliphatic carbocycles. The Morgan fingerprint density at radius 2 is 1.76 bits per heavy atom. The van der Waals surface area contributed by atoms with Gasteiger partial charge in [-0.05, 0) is 36.6 Å². The second-order valence-corrected chi connectivity index (χ2v) is 4.97. The Kier molecular flexibility index (Phi) is 5.38. The number of aryl methyl sites for hydroxylation is 1. The first kappa shape index (κ1) is 15.1. The lowest BCUT2D eigenvalue weighted by Gasteiger charge is -2.17. The van der Waals surface area contributed by atoms with Gasteiger partial charge in [-0.1, -0.05) is 49.4 Å². The molecule has 0 aromatic heterocycles. The second-order valence-electron chi connectivity index (χ2n) is 4.97. The van der Waals surface area contributed by atoms with E-state index in [-0.39, 0.29) is 5.91 Å². The van der Waals surface area contributed by atoms with Gasteiger partial charge in [0.05, 0.1) is 0 Å². The van der Waals surface area contributed by atoms with Crippen LogP contribution in [0.15, 0.2) is 54.6 Å². The molecule has 0 radical (unpaired) electrons. The van der Waals surface area contributed by atoms with E-state index in [9.17, 15) is 4.79 Å². The molecule has 0 saturated heterocycles. The molecule has 3 heteroatoms. The summed E-state index contributed by atoms with van der Waals surface area (Å²) in [6.45, 7) is 4.51. The smallest absolute Gasteiger partial charge is 0.261 e. The van der Waals surface area contributed by atoms with E-state index in [1.54, 1.807) is 0 Å². The molecule has 3 nitrogen and oxygen atoms in total. The van der Waals surface area contributed by atoms with Crippen LogP contribution in [-0.2, 0) is 11.3 Å². The molecular weight excluding hydrogens is 262 g/mol. The molecule has 2 rings (SSSR count). The van der Waals surface area contributed by atoms with Crippen LogP contribution in [0.2, 0.25) is 0 Å². The highest BCUT2D eigenvalue weighted by molar-refractivity contribution is 5.81. The Hall–Kier alpha value is -2.29. The summed E-state index contributed by atoms with van der Waals surface area (Å²) in [4.78, 5) is 12.2. The molecule has 1 N–H and O–H groups in total. The number of hydrogen-bond acceptors (Lipinski definition) is 2. The number of ether oxygens (including phenoxy) is 1. The number of nitrogens with one attached hydrogen (secondary N) is 1. The number of carbonyl (C=O) groups is 1. The van der Waals surface area contributed by atoms with Crippen molar-refractivity contribution in [3.05, 3.63) is 65.7 Å². The molecule has 0 spiro atoms. The lowest BCUT2D eigenvalue weighted by molar-refractivity contribution is -0.128. The molecule has 2 aromatic rings. The minimum atomic E-state index is -0.462. The first-order valence-corrected chi connectivity index (χ1v) is 7.24. The fourth-order valence-electron chi connectivity index (χ4n) is 2.09. The maximum atomic E-state index is 12.2. The van der Waals surface area contributed by atoms with Crippen LogP contribution in [0.3, 0.4) is 0 Å². The molecule has 1 amide bonds. The molecule has 110 valence electrons. The van der Waals surface area contributed by atoms with Gasteiger partial charge in [0.15, 0.2) is 6.10 Å². The van der Waals surface area contributed by atoms with E-state index in [1.165, 1.54) is 5.56 Å². The summed E-state index contributed by atoms with van der Waals surface area (Å²) >= 11 is 0. The van der Waals surface area contributed by atoms with Crippen LogP contribution in [0.1, 0.15) is 24.5 Å². The number of rotatable bonds is 6. The van der Waals surface area contributed by atoms with Crippen LogP contribution >= 0.6 is 0 Å². The van der Waals surface area contributed by atoms with Crippen LogP contribution in [0.25, 0.3) is 0 Å². The van der Waals surface area contributed by atoms with Gasteiger partial charge < -0.3 is 10.1 Å². The van der Waals surface area contributed by atoms with Gasteiger partial charge in [-0.15, -0.1) is 0 Å². The SMILES string of the molecule is CC[C@H](Oc1ccccc1)C(=O)NCc1ccccc1C. The molecule has 0 aliphatic rings. The Bertz CT molecular complexity index is 581. The van der Waals surface area contributed by atoms with Crippen LogP contribution in [0, 0.1) is 6.92 Å². The third kappa shape index (κ3) is 4.35. The largest absolute Gasteiger partial charge is 0.481 e. The van der Waals surface area contributed by atoms with Gasteiger partial charge in [0.1, 0.15) is 5.75 Å². The first-order valence-electron chi connectivity index (χ1n) is 7.24. The fourth-order valence-corrected chi connectivity index (χ4v) is 2.09. The Morgan fingerprint density at radius 3 is 2.43 bits per heavy atom. The van der Waals surface area contributed by atoms with Gasteiger partial charge in [0, 0.05) is 6.54 Å². The van der Waals surface area contributed by atoms with E-state index in [4.69, 9.17) is 4.74 Å². The van der Waals surface area contributed by atoms with E-state index in [0.29, 0.717) is 13.0 Å². The molecular formula is C18H21NO2. The summed E-state index contributed by atoms with van der Waals surface area (Å²) in [6.07, 6.45) is 0.172. The van der Waals surface area contributed by atoms with Crippen LogP contribution in [0.5, 0.6) is 5.75 Å². The highest BCUT2D eigenvalue weighted by atomic mass is 16.5. The van der Waals surface area contributed by atoms with E-state index >= 15 is 0 Å². The zero-order valence-electron chi connectivity index (χ0n) is 12.5. The van der Waals surface area contributed by atoms with Crippen molar-refractivity contribution in [1.29, 1.82) is 0 Å². The average molecular weight is 283 g/mol. The predicted octanol–water partition coefficient (Wildman–Crippen LogP) is 3.47. The third-order valence-corrected chi connectivity index (χ3v) is 3.40. The van der Waals surface area contributed by atoms with Crippen LogP contribution in [0.4, 0.5) is 0 Å². The van der Waals surface area contributed by atoms with Crippen molar-refractivity contribution in [1.82, 2.24) is 5.32 Å². The lowest BCUT2D eigenvalue weighted by Crippen LogP contribution is -2.37. The number of benzene rings is 2. The molecule has 0 unspecified atom stereocenters. The Morgan fingerprint density at radius 1 is 1.10 bits per heavy atom. The minimum absolute atomic E-state index is 0.0791. The van der Waals surface area contributed by atoms with E-state index < -0.39 is 6.10 Å². The summed E-state index contributed by atoms with van der Waals surface area (Å²) in [5, 5.41) is 2.95. The lowest BCUT2D eigenvalue weighted by atomic mass is 10.1. The number of carbonyl (C=O) groups excluding carboxylic acids is 1. The van der Waals surface area contributed by atoms with E-state index in [0.717, 1.165) is 11.3 Å². The summed E-state index contributed by atoms with van der Waals surface area (Å²) < 4.78 is 5.73. The molecule has 21 heavy (non-hydrogen) atoms. The maximum absolute atomic E-state index is 12.2. The zero-order valence-corrected chi connectivity index (χ0v) is 12.5. The molecule has 0 bridgehead atoms. The van der Waals surface area contributed by atoms with Gasteiger partial charge in [0.25, 0.3) is 5.91 Å². The molecule has 0 fully saturated rings. The van der Waals surface area contributed by atoms with Crippen molar-refractivity contribution < 1.29 is 9.53 Å². The van der Waals surface area contributed by atoms with Crippen LogP contribution in [-0.4, -0.2) is 12.0 Å². The first-order chi connectivity index (χ1) is 10.2. The highest BCUT2D eigenvalue weighted by Crippen LogP contribution is 2.13. The third-order valence-electron chi connectivity index (χ3n) is 3.40. The quantitative estimate of drug-likeness (QED) is 0.881. The Labute approximate surface area is 126 Å². The van der Waals surface area contributed by atoms with Crippen molar-refractivity contribution in [3.8, 4) is 5.75 Å². The highest BCUT2D eigenvalue weighted by Gasteiger charge is 2.17. The second kappa shape index (κ2) is 7.48. The number of hydrogen-bond donors (Lipinski definition) is 1. The standard InChI is InChI=1S/C18H21NO2/c1-3-17(21-16-11-5-4-6-12-16)18(20)19-13-15-10-8-7-9-14(15)2/h4-12,17H,3,13H2,1-2H3,(H,19,20)/t17-/m0/s1. The zero-order chi connectivity index (χ0) is 15.1.